The molecule has 0 aliphatic rings. The van der Waals surface area contributed by atoms with Crippen LogP contribution in [-0.4, -0.2) is 16.2 Å². The lowest BCUT2D eigenvalue weighted by molar-refractivity contribution is 0.617. The van der Waals surface area contributed by atoms with Gasteiger partial charge in [0.25, 0.3) is 5.56 Å². The van der Waals surface area contributed by atoms with Gasteiger partial charge in [-0.3, -0.25) is 9.78 Å². The second kappa shape index (κ2) is 8.38. The van der Waals surface area contributed by atoms with Gasteiger partial charge in [-0.1, -0.05) is 52.3 Å². The van der Waals surface area contributed by atoms with E-state index in [0.29, 0.717) is 22.0 Å². The number of alkyl halides is 1. The van der Waals surface area contributed by atoms with Crippen LogP contribution in [0.3, 0.4) is 0 Å². The summed E-state index contributed by atoms with van der Waals surface area (Å²) in [6.45, 7) is 0. The van der Waals surface area contributed by atoms with E-state index in [4.69, 9.17) is 0 Å². The lowest BCUT2D eigenvalue weighted by Gasteiger charge is -2.06. The SMILES string of the molecule is N#Cc1c(-c2ccccc2)nc(NN=Cc2ccc(F)c(CBr)c2)[nH]c1=O. The molecular weight excluding hydrogens is 413 g/mol. The largest absolute Gasteiger partial charge is 0.290 e. The Balaban J connectivity index is 1.89. The molecule has 0 radical (unpaired) electrons. The quantitative estimate of drug-likeness (QED) is 0.369. The maximum Gasteiger partial charge on any atom is 0.270 e. The zero-order valence-corrected chi connectivity index (χ0v) is 15.5. The summed E-state index contributed by atoms with van der Waals surface area (Å²) in [5, 5.41) is 13.7. The van der Waals surface area contributed by atoms with Crippen LogP contribution >= 0.6 is 15.9 Å². The summed E-state index contributed by atoms with van der Waals surface area (Å²) in [7, 11) is 0. The molecule has 2 N–H and O–H groups in total. The summed E-state index contributed by atoms with van der Waals surface area (Å²) in [5.41, 5.74) is 4.10. The van der Waals surface area contributed by atoms with Gasteiger partial charge in [-0.15, -0.1) is 0 Å². The van der Waals surface area contributed by atoms with Crippen molar-refractivity contribution in [2.45, 2.75) is 5.33 Å². The summed E-state index contributed by atoms with van der Waals surface area (Å²) in [6, 6.07) is 15.4. The molecule has 134 valence electrons. The summed E-state index contributed by atoms with van der Waals surface area (Å²) in [6.07, 6.45) is 1.48. The molecule has 27 heavy (non-hydrogen) atoms. The van der Waals surface area contributed by atoms with Gasteiger partial charge in [0.1, 0.15) is 17.4 Å². The summed E-state index contributed by atoms with van der Waals surface area (Å²) in [4.78, 5) is 18.9. The van der Waals surface area contributed by atoms with Crippen LogP contribution in [0.2, 0.25) is 0 Å². The Morgan fingerprint density at radius 2 is 2.07 bits per heavy atom. The molecule has 0 aliphatic heterocycles. The van der Waals surface area contributed by atoms with Crippen LogP contribution in [0, 0.1) is 17.1 Å². The Morgan fingerprint density at radius 1 is 1.30 bits per heavy atom. The second-order valence-electron chi connectivity index (χ2n) is 5.47. The van der Waals surface area contributed by atoms with E-state index in [0.717, 1.165) is 0 Å². The minimum Gasteiger partial charge on any atom is -0.290 e. The number of rotatable bonds is 5. The number of aromatic amines is 1. The monoisotopic (exact) mass is 425 g/mol. The molecule has 0 unspecified atom stereocenters. The van der Waals surface area contributed by atoms with Crippen molar-refractivity contribution in [2.75, 3.05) is 5.43 Å². The van der Waals surface area contributed by atoms with Crippen LogP contribution in [-0.2, 0) is 5.33 Å². The molecule has 0 saturated carbocycles. The molecule has 3 aromatic rings. The van der Waals surface area contributed by atoms with E-state index < -0.39 is 5.56 Å². The van der Waals surface area contributed by atoms with E-state index in [1.165, 1.54) is 12.3 Å². The lowest BCUT2D eigenvalue weighted by Crippen LogP contribution is -2.16. The molecule has 0 spiro atoms. The van der Waals surface area contributed by atoms with Gasteiger partial charge in [-0.2, -0.15) is 10.4 Å². The zero-order chi connectivity index (χ0) is 19.2. The standard InChI is InChI=1S/C19H13BrFN5O/c20-9-14-8-12(6-7-16(14)21)11-23-26-19-24-17(13-4-2-1-3-5-13)15(10-22)18(27)25-19/h1-8,11H,9H2,(H2,24,25,26,27). The van der Waals surface area contributed by atoms with Gasteiger partial charge in [0.2, 0.25) is 5.95 Å². The molecule has 0 atom stereocenters. The number of H-pyrrole nitrogens is 1. The highest BCUT2D eigenvalue weighted by atomic mass is 79.9. The van der Waals surface area contributed by atoms with Crippen LogP contribution < -0.4 is 11.0 Å². The average Bonchev–Trinajstić information content (AvgIpc) is 2.69. The summed E-state index contributed by atoms with van der Waals surface area (Å²) in [5.74, 6) is -0.209. The number of hydrogen-bond acceptors (Lipinski definition) is 5. The number of hydrogen-bond donors (Lipinski definition) is 2. The second-order valence-corrected chi connectivity index (χ2v) is 6.03. The summed E-state index contributed by atoms with van der Waals surface area (Å²) >= 11 is 3.22. The van der Waals surface area contributed by atoms with Gasteiger partial charge in [-0.05, 0) is 23.3 Å². The van der Waals surface area contributed by atoms with E-state index in [1.807, 2.05) is 12.1 Å². The number of anilines is 1. The van der Waals surface area contributed by atoms with Crippen LogP contribution in [0.1, 0.15) is 16.7 Å². The highest BCUT2D eigenvalue weighted by molar-refractivity contribution is 9.08. The van der Waals surface area contributed by atoms with Gasteiger partial charge in [-0.25, -0.2) is 14.8 Å². The molecule has 0 amide bonds. The van der Waals surface area contributed by atoms with Gasteiger partial charge >= 0.3 is 0 Å². The zero-order valence-electron chi connectivity index (χ0n) is 13.9. The topological polar surface area (TPSA) is 93.9 Å². The van der Waals surface area contributed by atoms with E-state index >= 15 is 0 Å². The highest BCUT2D eigenvalue weighted by Gasteiger charge is 2.12. The molecule has 0 fully saturated rings. The fourth-order valence-electron chi connectivity index (χ4n) is 2.38. The first-order valence-corrected chi connectivity index (χ1v) is 8.98. The van der Waals surface area contributed by atoms with Crippen LogP contribution in [0.25, 0.3) is 11.3 Å². The van der Waals surface area contributed by atoms with Crippen molar-refractivity contribution in [3.05, 3.63) is 81.4 Å². The first-order chi connectivity index (χ1) is 13.1. The average molecular weight is 426 g/mol. The van der Waals surface area contributed by atoms with Crippen molar-refractivity contribution in [3.8, 4) is 17.3 Å². The summed E-state index contributed by atoms with van der Waals surface area (Å²) < 4.78 is 13.5. The van der Waals surface area contributed by atoms with Crippen molar-refractivity contribution in [1.82, 2.24) is 9.97 Å². The molecular formula is C19H13BrFN5O. The molecule has 0 bridgehead atoms. The van der Waals surface area contributed by atoms with Gasteiger partial charge < -0.3 is 0 Å². The third-order valence-corrected chi connectivity index (χ3v) is 4.28. The fraction of sp³-hybridized carbons (Fsp3) is 0.0526. The number of nitrogens with zero attached hydrogens (tertiary/aromatic N) is 3. The van der Waals surface area contributed by atoms with Crippen molar-refractivity contribution in [1.29, 1.82) is 5.26 Å². The lowest BCUT2D eigenvalue weighted by atomic mass is 10.1. The maximum atomic E-state index is 13.5. The Morgan fingerprint density at radius 3 is 2.78 bits per heavy atom. The van der Waals surface area contributed by atoms with Crippen molar-refractivity contribution in [3.63, 3.8) is 0 Å². The predicted octanol–water partition coefficient (Wildman–Crippen LogP) is 3.79. The molecule has 0 aliphatic carbocycles. The van der Waals surface area contributed by atoms with E-state index in [1.54, 1.807) is 36.4 Å². The highest BCUT2D eigenvalue weighted by Crippen LogP contribution is 2.19. The number of hydrazone groups is 1. The van der Waals surface area contributed by atoms with Gasteiger partial charge in [0, 0.05) is 10.9 Å². The Labute approximate surface area is 162 Å². The first kappa shape index (κ1) is 18.5. The molecule has 1 aromatic heterocycles. The van der Waals surface area contributed by atoms with Crippen LogP contribution in [0.4, 0.5) is 10.3 Å². The normalized spacial score (nSPS) is 10.7. The van der Waals surface area contributed by atoms with Crippen LogP contribution in [0.5, 0.6) is 0 Å². The van der Waals surface area contributed by atoms with E-state index in [-0.39, 0.29) is 23.0 Å². The molecule has 2 aromatic carbocycles. The van der Waals surface area contributed by atoms with Gasteiger partial charge in [0.15, 0.2) is 0 Å². The number of nitrogens with one attached hydrogen (secondary N) is 2. The van der Waals surface area contributed by atoms with E-state index in [2.05, 4.69) is 36.4 Å². The third kappa shape index (κ3) is 4.27. The van der Waals surface area contributed by atoms with Crippen molar-refractivity contribution in [2.24, 2.45) is 5.10 Å². The fourth-order valence-corrected chi connectivity index (χ4v) is 2.81. The number of benzene rings is 2. The molecule has 6 nitrogen and oxygen atoms in total. The van der Waals surface area contributed by atoms with Crippen LogP contribution in [0.15, 0.2) is 58.4 Å². The predicted molar refractivity (Wildman–Crippen MR) is 105 cm³/mol. The Kier molecular flexibility index (Phi) is 5.74. The van der Waals surface area contributed by atoms with Crippen molar-refractivity contribution >= 4 is 28.1 Å². The minimum absolute atomic E-state index is 0.0729. The van der Waals surface area contributed by atoms with E-state index in [9.17, 15) is 14.4 Å². The number of halogens is 2. The smallest absolute Gasteiger partial charge is 0.270 e. The molecule has 1 heterocycles. The van der Waals surface area contributed by atoms with Crippen molar-refractivity contribution < 1.29 is 4.39 Å². The minimum atomic E-state index is -0.563. The van der Waals surface area contributed by atoms with Gasteiger partial charge in [0.05, 0.1) is 11.9 Å². The Hall–Kier alpha value is -3.31. The Bertz CT molecular complexity index is 1090. The third-order valence-electron chi connectivity index (χ3n) is 3.68. The number of nitriles is 1. The first-order valence-electron chi connectivity index (χ1n) is 7.85. The number of aromatic nitrogens is 2. The maximum absolute atomic E-state index is 13.5. The molecule has 0 saturated heterocycles. The molecule has 3 rings (SSSR count). The molecule has 8 heteroatoms.